The highest BCUT2D eigenvalue weighted by Crippen LogP contribution is 2.38. The van der Waals surface area contributed by atoms with Gasteiger partial charge in [0.25, 0.3) is 0 Å². The smallest absolute Gasteiger partial charge is 0.235 e. The maximum Gasteiger partial charge on any atom is 0.235 e. The maximum atomic E-state index is 12.8. The van der Waals surface area contributed by atoms with E-state index in [0.29, 0.717) is 33.8 Å². The molecule has 0 spiro atoms. The summed E-state index contributed by atoms with van der Waals surface area (Å²) >= 11 is 9.10. The van der Waals surface area contributed by atoms with Crippen molar-refractivity contribution < 1.29 is 9.53 Å². The number of aromatic nitrogens is 3. The van der Waals surface area contributed by atoms with Crippen LogP contribution < -0.4 is 10.1 Å². The lowest BCUT2D eigenvalue weighted by Gasteiger charge is -2.17. The number of hydrogen-bond acceptors (Lipinski definition) is 7. The van der Waals surface area contributed by atoms with Crippen molar-refractivity contribution in [1.29, 1.82) is 5.26 Å². The summed E-state index contributed by atoms with van der Waals surface area (Å²) in [7, 11) is 0. The number of allylic oxidation sites excluding steroid dienone is 1. The van der Waals surface area contributed by atoms with Crippen LogP contribution in [-0.4, -0.2) is 26.4 Å². The molecular formula is C26H28ClN5O2S2. The first-order valence-electron chi connectivity index (χ1n) is 11.8. The molecule has 1 amide bonds. The normalized spacial score (nSPS) is 13.5. The third kappa shape index (κ3) is 5.61. The second-order valence-electron chi connectivity index (χ2n) is 8.73. The minimum absolute atomic E-state index is 0.146. The molecule has 4 rings (SSSR count). The lowest BCUT2D eigenvalue weighted by molar-refractivity contribution is -0.113. The monoisotopic (exact) mass is 541 g/mol. The van der Waals surface area contributed by atoms with Crippen molar-refractivity contribution in [3.8, 4) is 11.8 Å². The Labute approximate surface area is 224 Å². The summed E-state index contributed by atoms with van der Waals surface area (Å²) in [5.41, 5.74) is 3.61. The highest BCUT2D eigenvalue weighted by atomic mass is 35.5. The fourth-order valence-corrected chi connectivity index (χ4v) is 6.42. The number of anilines is 1. The number of halogens is 1. The van der Waals surface area contributed by atoms with E-state index in [-0.39, 0.29) is 17.8 Å². The fourth-order valence-electron chi connectivity index (χ4n) is 4.30. The van der Waals surface area contributed by atoms with Gasteiger partial charge < -0.3 is 10.1 Å². The number of thioether (sulfide) groups is 1. The SMILES string of the molecule is C=CCn1c(SCC(=O)Nc2sc3c(c2C#N)CCCC3)nnc1C(C)Oc1cc(C)c(Cl)c(C)c1. The molecule has 0 bridgehead atoms. The van der Waals surface area contributed by atoms with Crippen molar-refractivity contribution in [2.45, 2.75) is 64.3 Å². The standard InChI is InChI=1S/C26H28ClN5O2S2/c1-5-10-32-24(17(4)34-18-11-15(2)23(27)16(3)12-18)30-31-26(32)35-14-22(33)29-25-20(13-28)19-8-6-7-9-21(19)36-25/h5,11-12,17H,1,6-10,14H2,2-4H3,(H,29,33). The Morgan fingerprint density at radius 1 is 1.36 bits per heavy atom. The summed E-state index contributed by atoms with van der Waals surface area (Å²) in [6.07, 6.45) is 5.47. The van der Waals surface area contributed by atoms with Gasteiger partial charge in [-0.05, 0) is 75.3 Å². The molecule has 10 heteroatoms. The number of nitrogens with zero attached hydrogens (tertiary/aromatic N) is 4. The summed E-state index contributed by atoms with van der Waals surface area (Å²) in [5.74, 6) is 1.31. The molecule has 2 heterocycles. The molecule has 0 saturated carbocycles. The van der Waals surface area contributed by atoms with E-state index in [2.05, 4.69) is 28.2 Å². The van der Waals surface area contributed by atoms with Gasteiger partial charge >= 0.3 is 0 Å². The van der Waals surface area contributed by atoms with Crippen LogP contribution >= 0.6 is 34.7 Å². The van der Waals surface area contributed by atoms with Gasteiger partial charge in [-0.15, -0.1) is 28.1 Å². The molecule has 0 aliphatic heterocycles. The molecule has 3 aromatic rings. The zero-order valence-electron chi connectivity index (χ0n) is 20.6. The van der Waals surface area contributed by atoms with Crippen LogP contribution in [0.5, 0.6) is 5.75 Å². The third-order valence-electron chi connectivity index (χ3n) is 6.01. The molecule has 1 aliphatic carbocycles. The number of nitriles is 1. The molecule has 7 nitrogen and oxygen atoms in total. The first kappa shape index (κ1) is 26.3. The number of ether oxygens (including phenoxy) is 1. The number of rotatable bonds is 9. The van der Waals surface area contributed by atoms with Crippen LogP contribution in [0.2, 0.25) is 5.02 Å². The Hall–Kier alpha value is -2.80. The third-order valence-corrected chi connectivity index (χ3v) is 8.78. The van der Waals surface area contributed by atoms with Crippen LogP contribution in [0.25, 0.3) is 0 Å². The average molecular weight is 542 g/mol. The zero-order valence-corrected chi connectivity index (χ0v) is 22.9. The largest absolute Gasteiger partial charge is 0.483 e. The Balaban J connectivity index is 1.45. The Bertz CT molecular complexity index is 1320. The number of thiophene rings is 1. The van der Waals surface area contributed by atoms with E-state index in [4.69, 9.17) is 16.3 Å². The lowest BCUT2D eigenvalue weighted by Crippen LogP contribution is -2.15. The van der Waals surface area contributed by atoms with Gasteiger partial charge in [0, 0.05) is 16.4 Å². The van der Waals surface area contributed by atoms with Crippen molar-refractivity contribution in [3.05, 3.63) is 62.8 Å². The number of nitrogens with one attached hydrogen (secondary N) is 1. The van der Waals surface area contributed by atoms with E-state index >= 15 is 0 Å². The predicted molar refractivity (Wildman–Crippen MR) is 145 cm³/mol. The first-order valence-corrected chi connectivity index (χ1v) is 13.9. The van der Waals surface area contributed by atoms with Crippen molar-refractivity contribution in [1.82, 2.24) is 14.8 Å². The molecule has 188 valence electrons. The van der Waals surface area contributed by atoms with E-state index in [1.807, 2.05) is 37.5 Å². The van der Waals surface area contributed by atoms with Gasteiger partial charge in [0.05, 0.1) is 11.3 Å². The topological polar surface area (TPSA) is 92.8 Å². The minimum Gasteiger partial charge on any atom is -0.483 e. The van der Waals surface area contributed by atoms with E-state index in [1.165, 1.54) is 28.0 Å². The zero-order chi connectivity index (χ0) is 25.8. The van der Waals surface area contributed by atoms with Gasteiger partial charge in [-0.3, -0.25) is 9.36 Å². The summed E-state index contributed by atoms with van der Waals surface area (Å²) < 4.78 is 8.05. The van der Waals surface area contributed by atoms with Gasteiger partial charge in [-0.2, -0.15) is 5.26 Å². The maximum absolute atomic E-state index is 12.8. The molecule has 0 radical (unpaired) electrons. The number of amides is 1. The van der Waals surface area contributed by atoms with E-state index < -0.39 is 0 Å². The number of fused-ring (bicyclic) bond motifs is 1. The Morgan fingerprint density at radius 2 is 2.08 bits per heavy atom. The van der Waals surface area contributed by atoms with Crippen LogP contribution in [0.4, 0.5) is 5.00 Å². The Kier molecular flexibility index (Phi) is 8.39. The van der Waals surface area contributed by atoms with E-state index in [0.717, 1.165) is 47.4 Å². The van der Waals surface area contributed by atoms with E-state index in [9.17, 15) is 10.1 Å². The van der Waals surface area contributed by atoms with Gasteiger partial charge in [0.2, 0.25) is 5.91 Å². The summed E-state index contributed by atoms with van der Waals surface area (Å²) in [5, 5.41) is 23.2. The molecule has 36 heavy (non-hydrogen) atoms. The quantitative estimate of drug-likeness (QED) is 0.248. The van der Waals surface area contributed by atoms with Gasteiger partial charge in [-0.1, -0.05) is 29.4 Å². The van der Waals surface area contributed by atoms with Crippen LogP contribution in [0.1, 0.15) is 58.8 Å². The Morgan fingerprint density at radius 3 is 2.78 bits per heavy atom. The van der Waals surface area contributed by atoms with Gasteiger partial charge in [-0.25, -0.2) is 0 Å². The van der Waals surface area contributed by atoms with E-state index in [1.54, 1.807) is 6.08 Å². The first-order chi connectivity index (χ1) is 17.3. The molecule has 0 fully saturated rings. The molecule has 1 aliphatic rings. The van der Waals surface area contributed by atoms with Crippen molar-refractivity contribution in [2.24, 2.45) is 0 Å². The second kappa shape index (κ2) is 11.5. The van der Waals surface area contributed by atoms with Gasteiger partial charge in [0.15, 0.2) is 17.1 Å². The minimum atomic E-state index is -0.378. The van der Waals surface area contributed by atoms with Crippen molar-refractivity contribution in [3.63, 3.8) is 0 Å². The fraction of sp³-hybridized carbons (Fsp3) is 0.385. The van der Waals surface area contributed by atoms with Crippen molar-refractivity contribution >= 4 is 45.6 Å². The summed E-state index contributed by atoms with van der Waals surface area (Å²) in [6, 6.07) is 6.09. The molecule has 1 N–H and O–H groups in total. The van der Waals surface area contributed by atoms with Crippen molar-refractivity contribution in [2.75, 3.05) is 11.1 Å². The highest BCUT2D eigenvalue weighted by molar-refractivity contribution is 7.99. The lowest BCUT2D eigenvalue weighted by atomic mass is 9.96. The van der Waals surface area contributed by atoms with Crippen LogP contribution in [-0.2, 0) is 24.2 Å². The average Bonchev–Trinajstić information content (AvgIpc) is 3.41. The number of carbonyl (C=O) groups excluding carboxylic acids is 1. The van der Waals surface area contributed by atoms with Gasteiger partial charge in [0.1, 0.15) is 16.8 Å². The summed E-state index contributed by atoms with van der Waals surface area (Å²) in [6.45, 7) is 10.1. The number of aryl methyl sites for hydroxylation is 3. The van der Waals surface area contributed by atoms with Crippen LogP contribution in [0.15, 0.2) is 29.9 Å². The number of hydrogen-bond donors (Lipinski definition) is 1. The molecule has 1 unspecified atom stereocenters. The van der Waals surface area contributed by atoms with Crippen LogP contribution in [0, 0.1) is 25.2 Å². The second-order valence-corrected chi connectivity index (χ2v) is 11.2. The predicted octanol–water partition coefficient (Wildman–Crippen LogP) is 6.42. The number of benzene rings is 1. The molecule has 1 atom stereocenters. The summed E-state index contributed by atoms with van der Waals surface area (Å²) in [4.78, 5) is 14.0. The molecule has 2 aromatic heterocycles. The molecule has 0 saturated heterocycles. The molecule has 1 aromatic carbocycles. The number of carbonyl (C=O) groups is 1. The van der Waals surface area contributed by atoms with Crippen LogP contribution in [0.3, 0.4) is 0 Å². The molecular weight excluding hydrogens is 514 g/mol. The highest BCUT2D eigenvalue weighted by Gasteiger charge is 2.23.